The zero-order valence-corrected chi connectivity index (χ0v) is 15.4. The van der Waals surface area contributed by atoms with E-state index in [1.807, 2.05) is 45.0 Å². The van der Waals surface area contributed by atoms with Crippen LogP contribution in [0.25, 0.3) is 0 Å². The van der Waals surface area contributed by atoms with E-state index in [1.54, 1.807) is 0 Å². The maximum atomic E-state index is 5.92. The minimum Gasteiger partial charge on any atom is -0.465 e. The van der Waals surface area contributed by atoms with Gasteiger partial charge in [-0.25, -0.2) is 0 Å². The first-order valence-electron chi connectivity index (χ1n) is 8.54. The van der Waals surface area contributed by atoms with E-state index in [4.69, 9.17) is 22.8 Å². The number of rotatable bonds is 9. The Morgan fingerprint density at radius 1 is 0.957 bits per heavy atom. The van der Waals surface area contributed by atoms with Crippen LogP contribution >= 0.6 is 0 Å². The van der Waals surface area contributed by atoms with Crippen molar-refractivity contribution in [2.75, 3.05) is 26.4 Å². The average Bonchev–Trinajstić information content (AvgIpc) is 2.57. The molecule has 1 aromatic carbocycles. The van der Waals surface area contributed by atoms with Crippen molar-refractivity contribution < 1.29 is 22.8 Å². The Balaban J connectivity index is 2.10. The molecule has 23 heavy (non-hydrogen) atoms. The zero-order chi connectivity index (χ0) is 16.5. The topological polar surface area (TPSA) is 46.2 Å². The van der Waals surface area contributed by atoms with Gasteiger partial charge in [0.2, 0.25) is 0 Å². The lowest BCUT2D eigenvalue weighted by molar-refractivity contribution is -0.105. The molecule has 1 atom stereocenters. The van der Waals surface area contributed by atoms with Crippen LogP contribution in [-0.2, 0) is 18.0 Å². The summed E-state index contributed by atoms with van der Waals surface area (Å²) in [7, 11) is -2.83. The molecule has 6 heteroatoms. The summed E-state index contributed by atoms with van der Waals surface area (Å²) < 4.78 is 29.2. The molecule has 1 fully saturated rings. The summed E-state index contributed by atoms with van der Waals surface area (Å²) in [6.45, 7) is 8.31. The molecule has 130 valence electrons. The largest absolute Gasteiger partial charge is 0.537 e. The van der Waals surface area contributed by atoms with Crippen LogP contribution in [0.5, 0.6) is 5.75 Å². The molecule has 1 aliphatic heterocycles. The summed E-state index contributed by atoms with van der Waals surface area (Å²) in [6.07, 6.45) is 3.07. The van der Waals surface area contributed by atoms with Crippen molar-refractivity contribution >= 4 is 14.0 Å². The molecular formula is C17H28O5Si. The molecule has 5 nitrogen and oxygen atoms in total. The molecule has 0 saturated carbocycles. The Morgan fingerprint density at radius 2 is 1.57 bits per heavy atom. The third-order valence-electron chi connectivity index (χ3n) is 3.62. The fraction of sp³-hybridized carbons (Fsp3) is 0.647. The Morgan fingerprint density at radius 3 is 2.04 bits per heavy atom. The smallest absolute Gasteiger partial charge is 0.465 e. The molecule has 1 aliphatic rings. The third-order valence-corrected chi connectivity index (χ3v) is 6.66. The fourth-order valence-electron chi connectivity index (χ4n) is 2.64. The van der Waals surface area contributed by atoms with E-state index in [-0.39, 0.29) is 6.29 Å². The van der Waals surface area contributed by atoms with Crippen LogP contribution in [0.15, 0.2) is 24.3 Å². The van der Waals surface area contributed by atoms with Crippen LogP contribution in [0.4, 0.5) is 0 Å². The molecule has 0 aromatic heterocycles. The molecule has 0 radical (unpaired) electrons. The first-order valence-corrected chi connectivity index (χ1v) is 10.3. The maximum absolute atomic E-state index is 5.92. The quantitative estimate of drug-likeness (QED) is 0.647. The Hall–Kier alpha value is -0.923. The van der Waals surface area contributed by atoms with Gasteiger partial charge in [-0.3, -0.25) is 0 Å². The van der Waals surface area contributed by atoms with Crippen molar-refractivity contribution in [1.82, 2.24) is 0 Å². The van der Waals surface area contributed by atoms with Gasteiger partial charge < -0.3 is 22.8 Å². The van der Waals surface area contributed by atoms with Crippen LogP contribution in [0.1, 0.15) is 40.0 Å². The summed E-state index contributed by atoms with van der Waals surface area (Å²) in [5.41, 5.74) is 0. The molecule has 0 N–H and O–H groups in total. The SMILES string of the molecule is CCO[Si](OCC)(OCC)c1ccc(OC2CCCCO2)cc1. The minimum absolute atomic E-state index is 0.137. The van der Waals surface area contributed by atoms with E-state index in [1.165, 1.54) is 0 Å². The fourth-order valence-corrected chi connectivity index (χ4v) is 5.10. The van der Waals surface area contributed by atoms with E-state index in [2.05, 4.69) is 0 Å². The standard InChI is InChI=1S/C17H28O5Si/c1-4-19-23(20-5-2,21-6-3)16-12-10-15(11-13-16)22-17-9-7-8-14-18-17/h10-13,17H,4-9,14H2,1-3H3. The summed E-state index contributed by atoms with van der Waals surface area (Å²) >= 11 is 0. The normalized spacial score (nSPS) is 18.8. The second-order valence-corrected chi connectivity index (χ2v) is 7.85. The van der Waals surface area contributed by atoms with Gasteiger partial charge in [0.05, 0.1) is 6.61 Å². The number of hydrogen-bond acceptors (Lipinski definition) is 5. The zero-order valence-electron chi connectivity index (χ0n) is 14.4. The number of ether oxygens (including phenoxy) is 2. The van der Waals surface area contributed by atoms with Crippen molar-refractivity contribution in [3.05, 3.63) is 24.3 Å². The lowest BCUT2D eigenvalue weighted by Crippen LogP contribution is -2.56. The monoisotopic (exact) mass is 340 g/mol. The molecule has 0 bridgehead atoms. The van der Waals surface area contributed by atoms with Crippen LogP contribution in [0.2, 0.25) is 0 Å². The van der Waals surface area contributed by atoms with Gasteiger partial charge >= 0.3 is 8.80 Å². The molecule has 0 amide bonds. The lowest BCUT2D eigenvalue weighted by Gasteiger charge is -2.29. The Labute approximate surface area is 140 Å². The molecule has 0 spiro atoms. The molecule has 1 aromatic rings. The van der Waals surface area contributed by atoms with Crippen molar-refractivity contribution in [3.63, 3.8) is 0 Å². The highest BCUT2D eigenvalue weighted by Crippen LogP contribution is 2.19. The molecule has 2 rings (SSSR count). The summed E-state index contributed by atoms with van der Waals surface area (Å²) in [5, 5.41) is 0.958. The highest BCUT2D eigenvalue weighted by molar-refractivity contribution is 6.75. The summed E-state index contributed by atoms with van der Waals surface area (Å²) in [5.74, 6) is 0.799. The predicted octanol–water partition coefficient (Wildman–Crippen LogP) is 2.85. The van der Waals surface area contributed by atoms with Crippen LogP contribution < -0.4 is 9.92 Å². The second kappa shape index (κ2) is 9.39. The number of benzene rings is 1. The Bertz CT molecular complexity index is 428. The van der Waals surface area contributed by atoms with Gasteiger partial charge in [0.15, 0.2) is 6.29 Å². The minimum atomic E-state index is -2.83. The van der Waals surface area contributed by atoms with Crippen molar-refractivity contribution in [2.45, 2.75) is 46.3 Å². The van der Waals surface area contributed by atoms with Gasteiger partial charge in [0.25, 0.3) is 0 Å². The van der Waals surface area contributed by atoms with Crippen LogP contribution in [0.3, 0.4) is 0 Å². The second-order valence-electron chi connectivity index (χ2n) is 5.29. The van der Waals surface area contributed by atoms with E-state index in [9.17, 15) is 0 Å². The highest BCUT2D eigenvalue weighted by atomic mass is 28.4. The van der Waals surface area contributed by atoms with E-state index < -0.39 is 8.80 Å². The predicted molar refractivity (Wildman–Crippen MR) is 90.9 cm³/mol. The van der Waals surface area contributed by atoms with Gasteiger partial charge in [-0.1, -0.05) is 12.1 Å². The lowest BCUT2D eigenvalue weighted by atomic mass is 10.2. The maximum Gasteiger partial charge on any atom is 0.537 e. The van der Waals surface area contributed by atoms with Gasteiger partial charge in [-0.05, 0) is 45.7 Å². The third kappa shape index (κ3) is 5.02. The number of hydrogen-bond donors (Lipinski definition) is 0. The van der Waals surface area contributed by atoms with Gasteiger partial charge in [0, 0.05) is 31.4 Å². The average molecular weight is 340 g/mol. The van der Waals surface area contributed by atoms with Crippen molar-refractivity contribution in [2.24, 2.45) is 0 Å². The molecular weight excluding hydrogens is 312 g/mol. The van der Waals surface area contributed by atoms with Crippen LogP contribution in [0, 0.1) is 0 Å². The Kier molecular flexibility index (Phi) is 7.52. The van der Waals surface area contributed by atoms with Crippen molar-refractivity contribution in [3.8, 4) is 5.75 Å². The van der Waals surface area contributed by atoms with Gasteiger partial charge in [-0.2, -0.15) is 0 Å². The van der Waals surface area contributed by atoms with Gasteiger partial charge in [0.1, 0.15) is 5.75 Å². The van der Waals surface area contributed by atoms with E-state index in [0.717, 1.165) is 36.8 Å². The highest BCUT2D eigenvalue weighted by Gasteiger charge is 2.43. The molecule has 1 saturated heterocycles. The first-order chi connectivity index (χ1) is 11.2. The van der Waals surface area contributed by atoms with Gasteiger partial charge in [-0.15, -0.1) is 0 Å². The molecule has 1 heterocycles. The van der Waals surface area contributed by atoms with Crippen LogP contribution in [-0.4, -0.2) is 41.5 Å². The van der Waals surface area contributed by atoms with E-state index in [0.29, 0.717) is 19.8 Å². The summed E-state index contributed by atoms with van der Waals surface area (Å²) in [4.78, 5) is 0. The van der Waals surface area contributed by atoms with E-state index >= 15 is 0 Å². The molecule has 1 unspecified atom stereocenters. The van der Waals surface area contributed by atoms with Crippen molar-refractivity contribution in [1.29, 1.82) is 0 Å². The summed E-state index contributed by atoms with van der Waals surface area (Å²) in [6, 6.07) is 7.83. The first kappa shape index (κ1) is 18.4. The molecule has 0 aliphatic carbocycles.